The summed E-state index contributed by atoms with van der Waals surface area (Å²) in [4.78, 5) is 21.9. The van der Waals surface area contributed by atoms with Gasteiger partial charge in [0.15, 0.2) is 5.82 Å². The molecule has 2 amide bonds. The number of anilines is 1. The lowest BCUT2D eigenvalue weighted by Gasteiger charge is -2.39. The van der Waals surface area contributed by atoms with Crippen molar-refractivity contribution in [1.29, 1.82) is 0 Å². The topological polar surface area (TPSA) is 79.4 Å². The van der Waals surface area contributed by atoms with E-state index in [9.17, 15) is 9.18 Å². The van der Waals surface area contributed by atoms with E-state index in [0.29, 0.717) is 19.1 Å². The van der Waals surface area contributed by atoms with E-state index in [0.717, 1.165) is 38.2 Å². The number of ether oxygens (including phenoxy) is 1. The summed E-state index contributed by atoms with van der Waals surface area (Å²) in [5, 5.41) is 6.12. The van der Waals surface area contributed by atoms with Gasteiger partial charge in [0.05, 0.1) is 37.2 Å². The van der Waals surface area contributed by atoms with Gasteiger partial charge >= 0.3 is 6.03 Å². The number of piperidine rings is 1. The first-order valence-corrected chi connectivity index (χ1v) is 8.39. The normalized spacial score (nSPS) is 26.8. The van der Waals surface area contributed by atoms with Crippen molar-refractivity contribution in [2.24, 2.45) is 0 Å². The molecule has 24 heavy (non-hydrogen) atoms. The minimum absolute atomic E-state index is 0.0362. The average molecular weight is 337 g/mol. The molecule has 0 unspecified atom stereocenters. The van der Waals surface area contributed by atoms with Gasteiger partial charge in [0.1, 0.15) is 0 Å². The van der Waals surface area contributed by atoms with Gasteiger partial charge in [-0.15, -0.1) is 0 Å². The molecule has 0 aliphatic carbocycles. The molecule has 1 spiro atoms. The maximum Gasteiger partial charge on any atom is 0.317 e. The molecule has 0 aromatic carbocycles. The molecule has 2 saturated heterocycles. The van der Waals surface area contributed by atoms with E-state index in [2.05, 4.69) is 20.6 Å². The third-order valence-corrected chi connectivity index (χ3v) is 4.40. The molecule has 2 atom stereocenters. The molecule has 0 bridgehead atoms. The van der Waals surface area contributed by atoms with Crippen LogP contribution in [-0.4, -0.2) is 58.3 Å². The average Bonchev–Trinajstić information content (AvgIpc) is 2.91. The summed E-state index contributed by atoms with van der Waals surface area (Å²) < 4.78 is 18.9. The smallest absolute Gasteiger partial charge is 0.317 e. The molecule has 0 radical (unpaired) electrons. The quantitative estimate of drug-likeness (QED) is 0.879. The summed E-state index contributed by atoms with van der Waals surface area (Å²) in [6.07, 6.45) is 4.91. The van der Waals surface area contributed by atoms with Crippen LogP contribution in [0.15, 0.2) is 12.4 Å². The lowest BCUT2D eigenvalue weighted by Crippen LogP contribution is -2.54. The van der Waals surface area contributed by atoms with Crippen LogP contribution in [0.2, 0.25) is 0 Å². The minimum atomic E-state index is -0.459. The van der Waals surface area contributed by atoms with Crippen LogP contribution in [0, 0.1) is 5.82 Å². The Kier molecular flexibility index (Phi) is 4.84. The van der Waals surface area contributed by atoms with Crippen molar-refractivity contribution in [2.45, 2.75) is 50.8 Å². The van der Waals surface area contributed by atoms with E-state index in [4.69, 9.17) is 4.74 Å². The zero-order valence-corrected chi connectivity index (χ0v) is 14.1. The monoisotopic (exact) mass is 337 g/mol. The van der Waals surface area contributed by atoms with Gasteiger partial charge in [-0.1, -0.05) is 0 Å². The number of hydrogen-bond donors (Lipinski definition) is 2. The highest BCUT2D eigenvalue weighted by Crippen LogP contribution is 2.35. The second-order valence-corrected chi connectivity index (χ2v) is 6.89. The molecule has 1 aromatic heterocycles. The number of carbonyl (C=O) groups is 1. The fourth-order valence-electron chi connectivity index (χ4n) is 3.40. The SMILES string of the molecule is CC(C)NC(=O)N1CCC[C@]2(C[C@H](Nc3ncc(F)cn3)CO2)C1. The van der Waals surface area contributed by atoms with Crippen molar-refractivity contribution in [3.05, 3.63) is 18.2 Å². The van der Waals surface area contributed by atoms with Crippen molar-refractivity contribution in [2.75, 3.05) is 25.0 Å². The number of nitrogens with zero attached hydrogens (tertiary/aromatic N) is 3. The predicted molar refractivity (Wildman–Crippen MR) is 87.2 cm³/mol. The Balaban J connectivity index is 1.58. The standard InChI is InChI=1S/C16H24FN5O2/c1-11(2)20-15(23)22-5-3-4-16(10-22)6-13(9-24-16)21-14-18-7-12(17)8-19-14/h7-8,11,13H,3-6,9-10H2,1-2H3,(H,20,23)(H,18,19,21)/t13-,16-/m0/s1. The van der Waals surface area contributed by atoms with E-state index < -0.39 is 5.82 Å². The number of likely N-dealkylation sites (tertiary alicyclic amines) is 1. The Morgan fingerprint density at radius 3 is 2.92 bits per heavy atom. The number of hydrogen-bond acceptors (Lipinski definition) is 5. The molecule has 0 saturated carbocycles. The number of rotatable bonds is 3. The predicted octanol–water partition coefficient (Wildman–Crippen LogP) is 1.77. The summed E-state index contributed by atoms with van der Waals surface area (Å²) in [6, 6.07) is 0.138. The first-order valence-electron chi connectivity index (χ1n) is 8.39. The molecular weight excluding hydrogens is 313 g/mol. The van der Waals surface area contributed by atoms with E-state index in [1.165, 1.54) is 0 Å². The van der Waals surface area contributed by atoms with E-state index in [1.807, 2.05) is 18.7 Å². The van der Waals surface area contributed by atoms with Gasteiger partial charge in [0, 0.05) is 19.0 Å². The van der Waals surface area contributed by atoms with Crippen LogP contribution < -0.4 is 10.6 Å². The second kappa shape index (κ2) is 6.88. The van der Waals surface area contributed by atoms with Gasteiger partial charge in [-0.25, -0.2) is 19.2 Å². The van der Waals surface area contributed by atoms with Crippen LogP contribution in [-0.2, 0) is 4.74 Å². The molecule has 3 heterocycles. The molecule has 1 aromatic rings. The van der Waals surface area contributed by atoms with E-state index >= 15 is 0 Å². The number of amides is 2. The molecule has 2 aliphatic heterocycles. The summed E-state index contributed by atoms with van der Waals surface area (Å²) in [7, 11) is 0. The van der Waals surface area contributed by atoms with Gasteiger partial charge in [0.25, 0.3) is 0 Å². The highest BCUT2D eigenvalue weighted by molar-refractivity contribution is 5.74. The second-order valence-electron chi connectivity index (χ2n) is 6.89. The Labute approximate surface area is 141 Å². The summed E-state index contributed by atoms with van der Waals surface area (Å²) >= 11 is 0. The highest BCUT2D eigenvalue weighted by atomic mass is 19.1. The van der Waals surface area contributed by atoms with E-state index in [-0.39, 0.29) is 23.7 Å². The molecule has 7 nitrogen and oxygen atoms in total. The first kappa shape index (κ1) is 16.9. The van der Waals surface area contributed by atoms with Gasteiger partial charge < -0.3 is 20.3 Å². The van der Waals surface area contributed by atoms with Gasteiger partial charge in [0.2, 0.25) is 5.95 Å². The van der Waals surface area contributed by atoms with Crippen molar-refractivity contribution in [3.8, 4) is 0 Å². The Morgan fingerprint density at radius 1 is 1.46 bits per heavy atom. The summed E-state index contributed by atoms with van der Waals surface area (Å²) in [6.45, 7) is 5.77. The number of aromatic nitrogens is 2. The maximum absolute atomic E-state index is 12.9. The minimum Gasteiger partial charge on any atom is -0.371 e. The largest absolute Gasteiger partial charge is 0.371 e. The van der Waals surface area contributed by atoms with Crippen molar-refractivity contribution < 1.29 is 13.9 Å². The Hall–Kier alpha value is -1.96. The summed E-state index contributed by atoms with van der Waals surface area (Å²) in [5.74, 6) is -0.0638. The summed E-state index contributed by atoms with van der Waals surface area (Å²) in [5.41, 5.74) is -0.315. The van der Waals surface area contributed by atoms with Gasteiger partial charge in [-0.05, 0) is 26.7 Å². The van der Waals surface area contributed by atoms with Gasteiger partial charge in [-0.3, -0.25) is 0 Å². The van der Waals surface area contributed by atoms with Crippen LogP contribution in [0.3, 0.4) is 0 Å². The number of urea groups is 1. The number of nitrogens with one attached hydrogen (secondary N) is 2. The third kappa shape index (κ3) is 3.92. The number of halogens is 1. The van der Waals surface area contributed by atoms with Crippen molar-refractivity contribution in [1.82, 2.24) is 20.2 Å². The molecule has 8 heteroatoms. The van der Waals surface area contributed by atoms with Crippen LogP contribution in [0.4, 0.5) is 15.1 Å². The maximum atomic E-state index is 12.9. The molecule has 2 aliphatic rings. The fraction of sp³-hybridized carbons (Fsp3) is 0.688. The lowest BCUT2D eigenvalue weighted by atomic mass is 9.89. The molecule has 2 N–H and O–H groups in total. The highest BCUT2D eigenvalue weighted by Gasteiger charge is 2.44. The molecule has 2 fully saturated rings. The van der Waals surface area contributed by atoms with Crippen LogP contribution in [0.1, 0.15) is 33.1 Å². The zero-order chi connectivity index (χ0) is 17.2. The van der Waals surface area contributed by atoms with Crippen LogP contribution >= 0.6 is 0 Å². The molecular formula is C16H24FN5O2. The zero-order valence-electron chi connectivity index (χ0n) is 14.1. The first-order chi connectivity index (χ1) is 11.5. The van der Waals surface area contributed by atoms with Crippen LogP contribution in [0.25, 0.3) is 0 Å². The lowest BCUT2D eigenvalue weighted by molar-refractivity contribution is -0.0410. The van der Waals surface area contributed by atoms with Crippen molar-refractivity contribution in [3.63, 3.8) is 0 Å². The van der Waals surface area contributed by atoms with Gasteiger partial charge in [-0.2, -0.15) is 0 Å². The molecule has 132 valence electrons. The Morgan fingerprint density at radius 2 is 2.21 bits per heavy atom. The van der Waals surface area contributed by atoms with Crippen LogP contribution in [0.5, 0.6) is 0 Å². The van der Waals surface area contributed by atoms with E-state index in [1.54, 1.807) is 0 Å². The number of carbonyl (C=O) groups excluding carboxylic acids is 1. The van der Waals surface area contributed by atoms with Crippen molar-refractivity contribution >= 4 is 12.0 Å². The third-order valence-electron chi connectivity index (χ3n) is 4.40. The fourth-order valence-corrected chi connectivity index (χ4v) is 3.40. The molecule has 3 rings (SSSR count). The Bertz CT molecular complexity index is 582.